The molecule has 0 amide bonds. The predicted octanol–water partition coefficient (Wildman–Crippen LogP) is 4.86. The van der Waals surface area contributed by atoms with E-state index in [1.165, 1.54) is 42.5 Å². The van der Waals surface area contributed by atoms with Gasteiger partial charge in [-0.3, -0.25) is 9.59 Å². The SMILES string of the molecule is CC(C)C(=O)Oc1ccc2c(c1)Oc1cc(OC(=O)C(C)C)ccc1C21OC(=O)c2ccc(C(=O)On3c(O)ccc3O)cc21. The summed E-state index contributed by atoms with van der Waals surface area (Å²) >= 11 is 0. The lowest BCUT2D eigenvalue weighted by Crippen LogP contribution is -2.33. The zero-order valence-corrected chi connectivity index (χ0v) is 24.5. The molecular formula is C33H27NO11. The van der Waals surface area contributed by atoms with Gasteiger partial charge in [0.05, 0.1) is 23.0 Å². The van der Waals surface area contributed by atoms with E-state index in [4.69, 9.17) is 23.8 Å². The number of hydrogen-bond donors (Lipinski definition) is 2. The predicted molar refractivity (Wildman–Crippen MR) is 154 cm³/mol. The summed E-state index contributed by atoms with van der Waals surface area (Å²) in [7, 11) is 0. The summed E-state index contributed by atoms with van der Waals surface area (Å²) in [5.74, 6) is -3.66. The van der Waals surface area contributed by atoms with E-state index in [0.29, 0.717) is 15.9 Å². The van der Waals surface area contributed by atoms with E-state index in [1.807, 2.05) is 0 Å². The number of benzene rings is 3. The lowest BCUT2D eigenvalue weighted by Gasteiger charge is -2.36. The van der Waals surface area contributed by atoms with Gasteiger partial charge in [0.2, 0.25) is 11.8 Å². The van der Waals surface area contributed by atoms with Gasteiger partial charge in [-0.05, 0) is 42.5 Å². The Balaban J connectivity index is 1.50. The number of nitrogens with zero attached hydrogens (tertiary/aromatic N) is 1. The molecule has 1 aromatic heterocycles. The Kier molecular flexibility index (Phi) is 6.99. The molecule has 0 fully saturated rings. The molecule has 12 nitrogen and oxygen atoms in total. The number of hydrogen-bond acceptors (Lipinski definition) is 11. The molecule has 12 heteroatoms. The number of rotatable bonds is 6. The third kappa shape index (κ3) is 4.89. The molecule has 0 aliphatic carbocycles. The van der Waals surface area contributed by atoms with Crippen LogP contribution in [0.1, 0.15) is 65.1 Å². The molecule has 0 atom stereocenters. The highest BCUT2D eigenvalue weighted by Gasteiger charge is 2.54. The lowest BCUT2D eigenvalue weighted by molar-refractivity contribution is -0.138. The van der Waals surface area contributed by atoms with E-state index in [9.17, 15) is 29.4 Å². The number of aromatic hydroxyl groups is 2. The zero-order valence-electron chi connectivity index (χ0n) is 24.5. The van der Waals surface area contributed by atoms with Gasteiger partial charge in [-0.2, -0.15) is 0 Å². The van der Waals surface area contributed by atoms with Crippen molar-refractivity contribution in [1.82, 2.24) is 4.73 Å². The van der Waals surface area contributed by atoms with Gasteiger partial charge in [0.15, 0.2) is 5.60 Å². The van der Waals surface area contributed by atoms with Crippen molar-refractivity contribution in [2.24, 2.45) is 11.8 Å². The summed E-state index contributed by atoms with van der Waals surface area (Å²) in [5.41, 5.74) is -0.521. The minimum atomic E-state index is -1.65. The van der Waals surface area contributed by atoms with Crippen molar-refractivity contribution in [1.29, 1.82) is 0 Å². The highest BCUT2D eigenvalue weighted by molar-refractivity contribution is 5.99. The Morgan fingerprint density at radius 2 is 1.27 bits per heavy atom. The van der Waals surface area contributed by atoms with Crippen molar-refractivity contribution in [2.45, 2.75) is 33.3 Å². The van der Waals surface area contributed by atoms with Crippen molar-refractivity contribution in [3.63, 3.8) is 0 Å². The van der Waals surface area contributed by atoms with Gasteiger partial charge in [0.25, 0.3) is 0 Å². The molecule has 0 saturated carbocycles. The van der Waals surface area contributed by atoms with Crippen molar-refractivity contribution < 1.29 is 53.2 Å². The van der Waals surface area contributed by atoms with E-state index in [-0.39, 0.29) is 39.7 Å². The second-order valence-corrected chi connectivity index (χ2v) is 11.1. The summed E-state index contributed by atoms with van der Waals surface area (Å²) in [5, 5.41) is 19.9. The molecule has 2 aliphatic heterocycles. The standard InChI is InChI=1S/C33H27NO11/c1-16(2)29(37)41-19-6-9-22-25(14-19)43-26-15-20(42-30(38)17(3)4)7-10-23(26)33(22)24-13-18(5-8-21(24)32(40)44-33)31(39)45-34-27(35)11-12-28(34)36/h5-17,35-36H,1-4H3. The van der Waals surface area contributed by atoms with Crippen molar-refractivity contribution in [2.75, 3.05) is 0 Å². The third-order valence-corrected chi connectivity index (χ3v) is 7.34. The molecule has 2 N–H and O–H groups in total. The summed E-state index contributed by atoms with van der Waals surface area (Å²) < 4.78 is 23.9. The highest BCUT2D eigenvalue weighted by Crippen LogP contribution is 2.57. The van der Waals surface area contributed by atoms with Crippen LogP contribution >= 0.6 is 0 Å². The monoisotopic (exact) mass is 613 g/mol. The summed E-state index contributed by atoms with van der Waals surface area (Å²) in [4.78, 5) is 56.4. The summed E-state index contributed by atoms with van der Waals surface area (Å²) in [6.45, 7) is 6.77. The molecule has 45 heavy (non-hydrogen) atoms. The number of fused-ring (bicyclic) bond motifs is 6. The molecule has 4 aromatic rings. The molecule has 0 unspecified atom stereocenters. The molecule has 6 rings (SSSR count). The average Bonchev–Trinajstić information content (AvgIpc) is 3.47. The van der Waals surface area contributed by atoms with E-state index < -0.39 is 53.1 Å². The largest absolute Gasteiger partial charge is 0.492 e. The molecular weight excluding hydrogens is 586 g/mol. The molecule has 0 saturated heterocycles. The Hall–Kier alpha value is -5.78. The van der Waals surface area contributed by atoms with Gasteiger partial charge in [0, 0.05) is 41.0 Å². The first kappa shape index (κ1) is 29.3. The molecule has 3 heterocycles. The molecule has 0 bridgehead atoms. The van der Waals surface area contributed by atoms with Gasteiger partial charge in [0.1, 0.15) is 23.0 Å². The van der Waals surface area contributed by atoms with Crippen molar-refractivity contribution >= 4 is 23.9 Å². The first-order valence-corrected chi connectivity index (χ1v) is 14.0. The van der Waals surface area contributed by atoms with Crippen LogP contribution in [0.3, 0.4) is 0 Å². The highest BCUT2D eigenvalue weighted by atomic mass is 16.7. The van der Waals surface area contributed by atoms with Gasteiger partial charge >= 0.3 is 23.9 Å². The maximum Gasteiger partial charge on any atom is 0.363 e. The Bertz CT molecular complexity index is 1810. The average molecular weight is 614 g/mol. The Morgan fingerprint density at radius 3 is 1.78 bits per heavy atom. The van der Waals surface area contributed by atoms with Crippen LogP contribution in [0.5, 0.6) is 34.8 Å². The van der Waals surface area contributed by atoms with Crippen molar-refractivity contribution in [3.05, 3.63) is 94.5 Å². The maximum absolute atomic E-state index is 13.4. The molecule has 230 valence electrons. The van der Waals surface area contributed by atoms with Crippen molar-refractivity contribution in [3.8, 4) is 34.8 Å². The normalized spacial score (nSPS) is 13.9. The van der Waals surface area contributed by atoms with Crippen LogP contribution in [0.4, 0.5) is 0 Å². The molecule has 0 radical (unpaired) electrons. The van der Waals surface area contributed by atoms with Crippen LogP contribution in [0, 0.1) is 11.8 Å². The minimum Gasteiger partial charge on any atom is -0.492 e. The summed E-state index contributed by atoms with van der Waals surface area (Å²) in [6.07, 6.45) is 0. The van der Waals surface area contributed by atoms with Crippen LogP contribution in [0.15, 0.2) is 66.7 Å². The molecule has 3 aromatic carbocycles. The van der Waals surface area contributed by atoms with Gasteiger partial charge in [-0.1, -0.05) is 27.7 Å². The number of carbonyl (C=O) groups excluding carboxylic acids is 4. The quantitative estimate of drug-likeness (QED) is 0.226. The number of aromatic nitrogens is 1. The van der Waals surface area contributed by atoms with Gasteiger partial charge < -0.3 is 34.0 Å². The van der Waals surface area contributed by atoms with E-state index >= 15 is 0 Å². The zero-order chi connectivity index (χ0) is 32.2. The summed E-state index contributed by atoms with van der Waals surface area (Å²) in [6, 6.07) is 15.7. The van der Waals surface area contributed by atoms with E-state index in [0.717, 1.165) is 12.1 Å². The fraction of sp³-hybridized carbons (Fsp3) is 0.212. The molecule has 2 aliphatic rings. The minimum absolute atomic E-state index is 0.0292. The van der Waals surface area contributed by atoms with Crippen LogP contribution < -0.4 is 19.0 Å². The smallest absolute Gasteiger partial charge is 0.363 e. The first-order chi connectivity index (χ1) is 21.4. The third-order valence-electron chi connectivity index (χ3n) is 7.34. The number of ether oxygens (including phenoxy) is 4. The van der Waals surface area contributed by atoms with Crippen LogP contribution in [-0.4, -0.2) is 38.8 Å². The van der Waals surface area contributed by atoms with Crippen LogP contribution in [-0.2, 0) is 19.9 Å². The Morgan fingerprint density at radius 1 is 0.733 bits per heavy atom. The topological polar surface area (TPSA) is 160 Å². The van der Waals surface area contributed by atoms with Gasteiger partial charge in [-0.25, -0.2) is 9.59 Å². The Labute approximate surface area is 256 Å². The van der Waals surface area contributed by atoms with Gasteiger partial charge in [-0.15, -0.1) is 4.73 Å². The second-order valence-electron chi connectivity index (χ2n) is 11.1. The van der Waals surface area contributed by atoms with E-state index in [1.54, 1.807) is 39.8 Å². The fourth-order valence-corrected chi connectivity index (χ4v) is 5.04. The lowest BCUT2D eigenvalue weighted by atomic mass is 9.77. The van der Waals surface area contributed by atoms with Crippen LogP contribution in [0.2, 0.25) is 0 Å². The first-order valence-electron chi connectivity index (χ1n) is 14.0. The fourth-order valence-electron chi connectivity index (χ4n) is 5.04. The number of carbonyl (C=O) groups is 4. The van der Waals surface area contributed by atoms with E-state index in [2.05, 4.69) is 0 Å². The second kappa shape index (κ2) is 10.7. The van der Waals surface area contributed by atoms with Crippen LogP contribution in [0.25, 0.3) is 0 Å². The number of esters is 3. The molecule has 1 spiro atoms. The maximum atomic E-state index is 13.4.